The zero-order valence-corrected chi connectivity index (χ0v) is 14.0. The van der Waals surface area contributed by atoms with E-state index in [0.29, 0.717) is 12.5 Å². The second kappa shape index (κ2) is 7.69. The Kier molecular flexibility index (Phi) is 5.17. The van der Waals surface area contributed by atoms with Crippen LogP contribution in [0.1, 0.15) is 15.9 Å². The zero-order valence-electron chi connectivity index (χ0n) is 14.0. The SMILES string of the molecule is CN(Cc1ccccc1)c1ncc(C(=O)Nc2ccc(F)c(F)c2)cn1. The molecule has 1 N–H and O–H groups in total. The first-order valence-corrected chi connectivity index (χ1v) is 7.86. The molecule has 0 bridgehead atoms. The van der Waals surface area contributed by atoms with Crippen molar-refractivity contribution in [2.45, 2.75) is 6.54 Å². The van der Waals surface area contributed by atoms with Gasteiger partial charge in [0.15, 0.2) is 11.6 Å². The van der Waals surface area contributed by atoms with E-state index in [1.165, 1.54) is 18.5 Å². The number of carbonyl (C=O) groups is 1. The Labute approximate surface area is 149 Å². The fraction of sp³-hybridized carbons (Fsp3) is 0.105. The number of nitrogens with zero attached hydrogens (tertiary/aromatic N) is 3. The van der Waals surface area contributed by atoms with Crippen molar-refractivity contribution in [2.24, 2.45) is 0 Å². The van der Waals surface area contributed by atoms with Gasteiger partial charge < -0.3 is 10.2 Å². The number of aromatic nitrogens is 2. The molecule has 5 nitrogen and oxygen atoms in total. The Balaban J connectivity index is 1.66. The van der Waals surface area contributed by atoms with Crippen molar-refractivity contribution >= 4 is 17.5 Å². The van der Waals surface area contributed by atoms with E-state index in [9.17, 15) is 13.6 Å². The second-order valence-electron chi connectivity index (χ2n) is 5.70. The molecular formula is C19H16F2N4O. The number of hydrogen-bond donors (Lipinski definition) is 1. The Morgan fingerprint density at radius 1 is 1.04 bits per heavy atom. The number of carbonyl (C=O) groups excluding carboxylic acids is 1. The molecule has 0 radical (unpaired) electrons. The van der Waals surface area contributed by atoms with E-state index >= 15 is 0 Å². The van der Waals surface area contributed by atoms with Gasteiger partial charge in [-0.1, -0.05) is 30.3 Å². The molecule has 0 aliphatic rings. The minimum absolute atomic E-state index is 0.152. The summed E-state index contributed by atoms with van der Waals surface area (Å²) >= 11 is 0. The molecule has 0 spiro atoms. The van der Waals surface area contributed by atoms with Gasteiger partial charge in [0.25, 0.3) is 5.91 Å². The highest BCUT2D eigenvalue weighted by Crippen LogP contribution is 2.15. The van der Waals surface area contributed by atoms with E-state index in [4.69, 9.17) is 0 Å². The lowest BCUT2D eigenvalue weighted by molar-refractivity contribution is 0.102. The molecule has 0 saturated carbocycles. The van der Waals surface area contributed by atoms with Crippen molar-refractivity contribution < 1.29 is 13.6 Å². The van der Waals surface area contributed by atoms with Crippen molar-refractivity contribution in [1.29, 1.82) is 0 Å². The van der Waals surface area contributed by atoms with Gasteiger partial charge in [-0.2, -0.15) is 0 Å². The summed E-state index contributed by atoms with van der Waals surface area (Å²) < 4.78 is 26.1. The molecule has 0 aliphatic heterocycles. The van der Waals surface area contributed by atoms with Crippen LogP contribution in [-0.2, 0) is 6.54 Å². The van der Waals surface area contributed by atoms with Crippen molar-refractivity contribution in [3.63, 3.8) is 0 Å². The maximum atomic E-state index is 13.2. The number of nitrogens with one attached hydrogen (secondary N) is 1. The van der Waals surface area contributed by atoms with Crippen LogP contribution < -0.4 is 10.2 Å². The quantitative estimate of drug-likeness (QED) is 0.760. The van der Waals surface area contributed by atoms with Crippen molar-refractivity contribution in [2.75, 3.05) is 17.3 Å². The lowest BCUT2D eigenvalue weighted by Gasteiger charge is -2.17. The number of halogens is 2. The molecule has 1 heterocycles. The molecule has 2 aromatic carbocycles. The highest BCUT2D eigenvalue weighted by Gasteiger charge is 2.11. The van der Waals surface area contributed by atoms with Crippen LogP contribution in [0.2, 0.25) is 0 Å². The van der Waals surface area contributed by atoms with Gasteiger partial charge in [0, 0.05) is 37.7 Å². The third-order valence-corrected chi connectivity index (χ3v) is 3.68. The Morgan fingerprint density at radius 2 is 1.73 bits per heavy atom. The minimum Gasteiger partial charge on any atom is -0.340 e. The van der Waals surface area contributed by atoms with E-state index in [0.717, 1.165) is 17.7 Å². The highest BCUT2D eigenvalue weighted by molar-refractivity contribution is 6.03. The molecule has 0 saturated heterocycles. The molecule has 0 atom stereocenters. The summed E-state index contributed by atoms with van der Waals surface area (Å²) in [5, 5.41) is 2.48. The molecule has 7 heteroatoms. The monoisotopic (exact) mass is 354 g/mol. The van der Waals surface area contributed by atoms with Crippen LogP contribution in [0.4, 0.5) is 20.4 Å². The predicted octanol–water partition coefficient (Wildman–Crippen LogP) is 3.64. The topological polar surface area (TPSA) is 58.1 Å². The van der Waals surface area contributed by atoms with Crippen LogP contribution in [0, 0.1) is 11.6 Å². The summed E-state index contributed by atoms with van der Waals surface area (Å²) in [5.74, 6) is -2.04. The fourth-order valence-corrected chi connectivity index (χ4v) is 2.34. The fourth-order valence-electron chi connectivity index (χ4n) is 2.34. The van der Waals surface area contributed by atoms with Crippen LogP contribution in [0.3, 0.4) is 0 Å². The second-order valence-corrected chi connectivity index (χ2v) is 5.70. The largest absolute Gasteiger partial charge is 0.340 e. The summed E-state index contributed by atoms with van der Waals surface area (Å²) in [7, 11) is 1.85. The van der Waals surface area contributed by atoms with Gasteiger partial charge in [-0.3, -0.25) is 4.79 Å². The highest BCUT2D eigenvalue weighted by atomic mass is 19.2. The Bertz CT molecular complexity index is 901. The van der Waals surface area contributed by atoms with Crippen LogP contribution in [-0.4, -0.2) is 22.9 Å². The van der Waals surface area contributed by atoms with Crippen LogP contribution in [0.5, 0.6) is 0 Å². The van der Waals surface area contributed by atoms with E-state index in [1.807, 2.05) is 42.3 Å². The van der Waals surface area contributed by atoms with Crippen LogP contribution in [0.25, 0.3) is 0 Å². The van der Waals surface area contributed by atoms with Gasteiger partial charge >= 0.3 is 0 Å². The third kappa shape index (κ3) is 4.18. The van der Waals surface area contributed by atoms with Gasteiger partial charge in [0.2, 0.25) is 5.95 Å². The van der Waals surface area contributed by atoms with Gasteiger partial charge in [-0.25, -0.2) is 18.7 Å². The number of benzene rings is 2. The standard InChI is InChI=1S/C19H16F2N4O/c1-25(12-13-5-3-2-4-6-13)19-22-10-14(11-23-19)18(26)24-15-7-8-16(20)17(21)9-15/h2-11H,12H2,1H3,(H,24,26). The zero-order chi connectivity index (χ0) is 18.5. The first-order chi connectivity index (χ1) is 12.5. The maximum Gasteiger partial charge on any atom is 0.258 e. The van der Waals surface area contributed by atoms with Crippen LogP contribution >= 0.6 is 0 Å². The molecule has 1 amide bonds. The number of rotatable bonds is 5. The summed E-state index contributed by atoms with van der Waals surface area (Å²) in [6.45, 7) is 0.626. The third-order valence-electron chi connectivity index (χ3n) is 3.68. The van der Waals surface area contributed by atoms with E-state index < -0.39 is 17.5 Å². The first-order valence-electron chi connectivity index (χ1n) is 7.86. The predicted molar refractivity (Wildman–Crippen MR) is 94.9 cm³/mol. The average molecular weight is 354 g/mol. The number of amides is 1. The van der Waals surface area contributed by atoms with Gasteiger partial charge in [-0.15, -0.1) is 0 Å². The number of anilines is 2. The van der Waals surface area contributed by atoms with Gasteiger partial charge in [-0.05, 0) is 17.7 Å². The molecule has 3 aromatic rings. The van der Waals surface area contributed by atoms with Crippen molar-refractivity contribution in [1.82, 2.24) is 9.97 Å². The molecule has 0 fully saturated rings. The summed E-state index contributed by atoms with van der Waals surface area (Å²) in [5.41, 5.74) is 1.48. The smallest absolute Gasteiger partial charge is 0.258 e. The van der Waals surface area contributed by atoms with E-state index in [2.05, 4.69) is 15.3 Å². The van der Waals surface area contributed by atoms with Crippen molar-refractivity contribution in [3.8, 4) is 0 Å². The molecular weight excluding hydrogens is 338 g/mol. The molecule has 0 unspecified atom stereocenters. The average Bonchev–Trinajstić information content (AvgIpc) is 2.65. The summed E-state index contributed by atoms with van der Waals surface area (Å²) in [4.78, 5) is 22.4. The number of hydrogen-bond acceptors (Lipinski definition) is 4. The lowest BCUT2D eigenvalue weighted by Crippen LogP contribution is -2.20. The van der Waals surface area contributed by atoms with Gasteiger partial charge in [0.1, 0.15) is 0 Å². The Hall–Kier alpha value is -3.35. The summed E-state index contributed by atoms with van der Waals surface area (Å²) in [6, 6.07) is 13.0. The maximum absolute atomic E-state index is 13.2. The molecule has 1 aromatic heterocycles. The Morgan fingerprint density at radius 3 is 2.38 bits per heavy atom. The molecule has 3 rings (SSSR count). The van der Waals surface area contributed by atoms with Gasteiger partial charge in [0.05, 0.1) is 5.56 Å². The minimum atomic E-state index is -1.03. The van der Waals surface area contributed by atoms with E-state index in [-0.39, 0.29) is 11.3 Å². The molecule has 0 aliphatic carbocycles. The normalized spacial score (nSPS) is 10.4. The first kappa shape index (κ1) is 17.5. The van der Waals surface area contributed by atoms with Crippen molar-refractivity contribution in [3.05, 3.63) is 83.7 Å². The van der Waals surface area contributed by atoms with E-state index in [1.54, 1.807) is 0 Å². The summed E-state index contributed by atoms with van der Waals surface area (Å²) in [6.07, 6.45) is 2.78. The molecule has 26 heavy (non-hydrogen) atoms. The van der Waals surface area contributed by atoms with Crippen LogP contribution in [0.15, 0.2) is 60.9 Å². The molecule has 132 valence electrons. The lowest BCUT2D eigenvalue weighted by atomic mass is 10.2.